The Labute approximate surface area is 208 Å². The average molecular weight is 510 g/mol. The number of aliphatic carboxylic acids is 1. The molecule has 1 aliphatic heterocycles. The zero-order valence-corrected chi connectivity index (χ0v) is 20.2. The Morgan fingerprint density at radius 1 is 1.14 bits per heavy atom. The fourth-order valence-electron chi connectivity index (χ4n) is 4.60. The van der Waals surface area contributed by atoms with Gasteiger partial charge in [-0.2, -0.15) is 0 Å². The van der Waals surface area contributed by atoms with Crippen molar-refractivity contribution in [3.8, 4) is 0 Å². The molecule has 2 atom stereocenters. The SMILES string of the molecule is N=C(N)c1cccc(C[C@](N)(C(=O)N2CCCCC2C(=O)O)S(=O)(=O)c2cccc3cccnc23)c1. The van der Waals surface area contributed by atoms with Crippen molar-refractivity contribution in [3.63, 3.8) is 0 Å². The van der Waals surface area contributed by atoms with Gasteiger partial charge >= 0.3 is 5.97 Å². The highest BCUT2D eigenvalue weighted by molar-refractivity contribution is 7.93. The number of carboxylic acids is 1. The van der Waals surface area contributed by atoms with Crippen LogP contribution in [0.4, 0.5) is 0 Å². The first-order chi connectivity index (χ1) is 17.1. The molecule has 1 aliphatic rings. The largest absolute Gasteiger partial charge is 0.480 e. The maximum absolute atomic E-state index is 14.2. The summed E-state index contributed by atoms with van der Waals surface area (Å²) >= 11 is 0. The van der Waals surface area contributed by atoms with Gasteiger partial charge in [-0.3, -0.25) is 15.2 Å². The van der Waals surface area contributed by atoms with Crippen molar-refractivity contribution >= 4 is 38.5 Å². The quantitative estimate of drug-likeness (QED) is 0.274. The minimum Gasteiger partial charge on any atom is -0.480 e. The molecule has 0 bridgehead atoms. The minimum absolute atomic E-state index is 0.0749. The summed E-state index contributed by atoms with van der Waals surface area (Å²) in [7, 11) is -4.61. The van der Waals surface area contributed by atoms with Crippen LogP contribution in [0.3, 0.4) is 0 Å². The third kappa shape index (κ3) is 4.42. The Morgan fingerprint density at radius 3 is 2.58 bits per heavy atom. The molecule has 2 heterocycles. The number of hydrogen-bond donors (Lipinski definition) is 4. The van der Waals surface area contributed by atoms with Gasteiger partial charge in [0, 0.05) is 30.1 Å². The number of nitrogens with one attached hydrogen (secondary N) is 1. The molecule has 188 valence electrons. The van der Waals surface area contributed by atoms with Crippen LogP contribution in [-0.2, 0) is 25.8 Å². The van der Waals surface area contributed by atoms with E-state index in [9.17, 15) is 23.1 Å². The monoisotopic (exact) mass is 509 g/mol. The highest BCUT2D eigenvalue weighted by Crippen LogP contribution is 2.33. The molecule has 1 fully saturated rings. The predicted molar refractivity (Wildman–Crippen MR) is 134 cm³/mol. The number of para-hydroxylation sites is 1. The molecule has 3 aromatic rings. The van der Waals surface area contributed by atoms with Gasteiger partial charge in [0.25, 0.3) is 5.91 Å². The van der Waals surface area contributed by atoms with Gasteiger partial charge in [-0.1, -0.05) is 36.4 Å². The van der Waals surface area contributed by atoms with Gasteiger partial charge in [0.05, 0.1) is 10.4 Å². The lowest BCUT2D eigenvalue weighted by atomic mass is 9.98. The molecule has 1 amide bonds. The molecule has 10 nitrogen and oxygen atoms in total. The van der Waals surface area contributed by atoms with Crippen LogP contribution < -0.4 is 11.5 Å². The third-order valence-electron chi connectivity index (χ3n) is 6.48. The topological polar surface area (TPSA) is 181 Å². The number of hydrogen-bond acceptors (Lipinski definition) is 7. The number of sulfone groups is 1. The molecule has 0 radical (unpaired) electrons. The highest BCUT2D eigenvalue weighted by Gasteiger charge is 2.53. The summed E-state index contributed by atoms with van der Waals surface area (Å²) in [6.45, 7) is 0.0749. The Bertz CT molecular complexity index is 1450. The fraction of sp³-hybridized carbons (Fsp3) is 0.280. The van der Waals surface area contributed by atoms with Crippen molar-refractivity contribution in [2.45, 2.75) is 41.5 Å². The number of aromatic nitrogens is 1. The number of amides is 1. The summed E-state index contributed by atoms with van der Waals surface area (Å²) in [5.41, 5.74) is 13.1. The van der Waals surface area contributed by atoms with Crippen molar-refractivity contribution in [1.82, 2.24) is 9.88 Å². The number of carbonyl (C=O) groups is 2. The minimum atomic E-state index is -4.61. The summed E-state index contributed by atoms with van der Waals surface area (Å²) in [4.78, 5) is 28.4. The molecular weight excluding hydrogens is 482 g/mol. The summed E-state index contributed by atoms with van der Waals surface area (Å²) in [6.07, 6.45) is 2.32. The van der Waals surface area contributed by atoms with Gasteiger partial charge in [0.2, 0.25) is 14.7 Å². The number of nitrogens with zero attached hydrogens (tertiary/aromatic N) is 2. The van der Waals surface area contributed by atoms with Crippen LogP contribution in [0.2, 0.25) is 0 Å². The number of fused-ring (bicyclic) bond motifs is 1. The Balaban J connectivity index is 1.90. The molecular formula is C25H27N5O5S. The second-order valence-corrected chi connectivity index (χ2v) is 11.0. The first kappa shape index (κ1) is 25.3. The molecule has 6 N–H and O–H groups in total. The van der Waals surface area contributed by atoms with E-state index in [0.717, 1.165) is 4.90 Å². The van der Waals surface area contributed by atoms with Gasteiger partial charge in [0.1, 0.15) is 11.9 Å². The number of likely N-dealkylation sites (tertiary alicyclic amines) is 1. The zero-order valence-electron chi connectivity index (χ0n) is 19.4. The number of nitrogen functional groups attached to an aromatic ring is 1. The van der Waals surface area contributed by atoms with Gasteiger partial charge < -0.3 is 21.5 Å². The second kappa shape index (κ2) is 9.67. The standard InChI is InChI=1S/C25H27N5O5S/c26-22(27)18-8-3-6-16(14-18)15-25(28,24(33)30-13-2-1-10-19(30)23(31)32)36(34,35)20-11-4-7-17-9-5-12-29-21(17)20/h3-9,11-12,14,19H,1-2,10,13,15,28H2,(H3,26,27)(H,31,32)/t19?,25-/m1/s1. The van der Waals surface area contributed by atoms with Gasteiger partial charge in [-0.05, 0) is 43.0 Å². The average Bonchev–Trinajstić information content (AvgIpc) is 2.87. The lowest BCUT2D eigenvalue weighted by Gasteiger charge is -2.39. The Hall–Kier alpha value is -3.83. The van der Waals surface area contributed by atoms with E-state index in [2.05, 4.69) is 4.98 Å². The summed E-state index contributed by atoms with van der Waals surface area (Å²) in [6, 6.07) is 13.0. The maximum atomic E-state index is 14.2. The lowest BCUT2D eigenvalue weighted by Crippen LogP contribution is -2.64. The van der Waals surface area contributed by atoms with E-state index in [1.54, 1.807) is 42.5 Å². The molecule has 36 heavy (non-hydrogen) atoms. The summed E-state index contributed by atoms with van der Waals surface area (Å²) in [5, 5.41) is 18.0. The second-order valence-electron chi connectivity index (χ2n) is 8.86. The van der Waals surface area contributed by atoms with Gasteiger partial charge in [-0.25, -0.2) is 13.2 Å². The van der Waals surface area contributed by atoms with Crippen LogP contribution >= 0.6 is 0 Å². The maximum Gasteiger partial charge on any atom is 0.326 e. The van der Waals surface area contributed by atoms with Crippen LogP contribution in [0.1, 0.15) is 30.4 Å². The van der Waals surface area contributed by atoms with Crippen LogP contribution in [0, 0.1) is 5.41 Å². The van der Waals surface area contributed by atoms with E-state index in [0.29, 0.717) is 29.4 Å². The number of benzene rings is 2. The van der Waals surface area contributed by atoms with Crippen LogP contribution in [0.25, 0.3) is 10.9 Å². The van der Waals surface area contributed by atoms with Crippen molar-refractivity contribution in [1.29, 1.82) is 5.41 Å². The number of carboxylic acid groups (broad SMARTS) is 1. The number of carbonyl (C=O) groups excluding carboxylic acids is 1. The number of piperidine rings is 1. The van der Waals surface area contributed by atoms with E-state index >= 15 is 0 Å². The molecule has 4 rings (SSSR count). The molecule has 11 heteroatoms. The van der Waals surface area contributed by atoms with E-state index in [4.69, 9.17) is 16.9 Å². The third-order valence-corrected chi connectivity index (χ3v) is 8.67. The Morgan fingerprint density at radius 2 is 1.86 bits per heavy atom. The molecule has 1 saturated heterocycles. The van der Waals surface area contributed by atoms with Gasteiger partial charge in [0.15, 0.2) is 0 Å². The Kier molecular flexibility index (Phi) is 6.79. The van der Waals surface area contributed by atoms with E-state index < -0.39 is 39.0 Å². The molecule has 0 spiro atoms. The molecule has 0 saturated carbocycles. The van der Waals surface area contributed by atoms with Gasteiger partial charge in [-0.15, -0.1) is 0 Å². The number of nitrogens with two attached hydrogens (primary N) is 2. The van der Waals surface area contributed by atoms with Crippen molar-refractivity contribution < 1.29 is 23.1 Å². The smallest absolute Gasteiger partial charge is 0.326 e. The lowest BCUT2D eigenvalue weighted by molar-refractivity contribution is -0.153. The summed E-state index contributed by atoms with van der Waals surface area (Å²) in [5.74, 6) is -2.43. The molecule has 2 aromatic carbocycles. The van der Waals surface area contributed by atoms with E-state index in [-0.39, 0.29) is 29.2 Å². The summed E-state index contributed by atoms with van der Waals surface area (Å²) < 4.78 is 28.5. The van der Waals surface area contributed by atoms with Crippen molar-refractivity contribution in [2.75, 3.05) is 6.54 Å². The molecule has 1 aromatic heterocycles. The van der Waals surface area contributed by atoms with Crippen molar-refractivity contribution in [2.24, 2.45) is 11.5 Å². The van der Waals surface area contributed by atoms with Crippen LogP contribution in [0.5, 0.6) is 0 Å². The first-order valence-corrected chi connectivity index (χ1v) is 12.9. The highest BCUT2D eigenvalue weighted by atomic mass is 32.2. The number of rotatable bonds is 7. The van der Waals surface area contributed by atoms with E-state index in [1.165, 1.54) is 18.3 Å². The zero-order chi connectivity index (χ0) is 26.1. The van der Waals surface area contributed by atoms with E-state index in [1.807, 2.05) is 0 Å². The molecule has 1 unspecified atom stereocenters. The predicted octanol–water partition coefficient (Wildman–Crippen LogP) is 1.66. The number of pyridine rings is 1. The fourth-order valence-corrected chi connectivity index (χ4v) is 6.38. The van der Waals surface area contributed by atoms with Crippen LogP contribution in [0.15, 0.2) is 65.7 Å². The van der Waals surface area contributed by atoms with Crippen LogP contribution in [-0.4, -0.2) is 58.6 Å². The molecule has 0 aliphatic carbocycles. The van der Waals surface area contributed by atoms with Crippen molar-refractivity contribution in [3.05, 3.63) is 71.9 Å². The first-order valence-electron chi connectivity index (χ1n) is 11.4. The normalized spacial score (nSPS) is 17.9. The number of amidine groups is 1.